The number of para-hydroxylation sites is 2. The van der Waals surface area contributed by atoms with Gasteiger partial charge in [0, 0.05) is 6.07 Å². The molecule has 0 fully saturated rings. The molecule has 0 radical (unpaired) electrons. The molecule has 1 unspecified atom stereocenters. The molecule has 1 heterocycles. The Hall–Kier alpha value is -2.74. The van der Waals surface area contributed by atoms with E-state index in [1.807, 2.05) is 18.2 Å². The van der Waals surface area contributed by atoms with E-state index in [0.29, 0.717) is 17.0 Å². The monoisotopic (exact) mass is 375 g/mol. The first-order valence-corrected chi connectivity index (χ1v) is 8.58. The number of aromatic nitrogens is 3. The van der Waals surface area contributed by atoms with Gasteiger partial charge in [-0.15, -0.1) is 10.2 Å². The van der Waals surface area contributed by atoms with E-state index >= 15 is 0 Å². The summed E-state index contributed by atoms with van der Waals surface area (Å²) in [7, 11) is 1.56. The largest absolute Gasteiger partial charge is 0.495 e. The van der Waals surface area contributed by atoms with Crippen LogP contribution in [0.3, 0.4) is 0 Å². The molecule has 0 aliphatic heterocycles. The summed E-state index contributed by atoms with van der Waals surface area (Å²) in [4.78, 5) is 12.5. The molecule has 8 heteroatoms. The number of nitrogens with zero attached hydrogens (tertiary/aromatic N) is 3. The van der Waals surface area contributed by atoms with Crippen LogP contribution in [0.4, 0.5) is 8.78 Å². The molecule has 5 nitrogen and oxygen atoms in total. The van der Waals surface area contributed by atoms with Crippen molar-refractivity contribution < 1.29 is 18.3 Å². The molecular weight excluding hydrogens is 360 g/mol. The molecule has 0 saturated heterocycles. The number of halogens is 2. The van der Waals surface area contributed by atoms with Gasteiger partial charge in [-0.25, -0.2) is 8.78 Å². The van der Waals surface area contributed by atoms with E-state index in [0.717, 1.165) is 29.6 Å². The summed E-state index contributed by atoms with van der Waals surface area (Å²) in [5.41, 5.74) is 0.560. The molecule has 0 amide bonds. The van der Waals surface area contributed by atoms with Crippen molar-refractivity contribution >= 4 is 17.5 Å². The third-order valence-electron chi connectivity index (χ3n) is 3.71. The molecule has 134 valence electrons. The molecule has 0 aliphatic rings. The van der Waals surface area contributed by atoms with Crippen LogP contribution in [0.15, 0.2) is 53.9 Å². The van der Waals surface area contributed by atoms with Crippen molar-refractivity contribution in [1.82, 2.24) is 14.8 Å². The van der Waals surface area contributed by atoms with Crippen LogP contribution in [0.5, 0.6) is 5.75 Å². The van der Waals surface area contributed by atoms with Gasteiger partial charge in [-0.1, -0.05) is 23.9 Å². The van der Waals surface area contributed by atoms with Crippen molar-refractivity contribution in [3.63, 3.8) is 0 Å². The van der Waals surface area contributed by atoms with Crippen molar-refractivity contribution in [3.8, 4) is 11.4 Å². The van der Waals surface area contributed by atoms with E-state index in [4.69, 9.17) is 4.74 Å². The quantitative estimate of drug-likeness (QED) is 0.483. The topological polar surface area (TPSA) is 57.0 Å². The lowest BCUT2D eigenvalue weighted by atomic mass is 10.1. The van der Waals surface area contributed by atoms with E-state index in [9.17, 15) is 13.6 Å². The Labute approximate surface area is 153 Å². The summed E-state index contributed by atoms with van der Waals surface area (Å²) in [6, 6.07) is 10.2. The smallest absolute Gasteiger partial charge is 0.196 e. The first-order chi connectivity index (χ1) is 12.5. The van der Waals surface area contributed by atoms with Crippen molar-refractivity contribution in [2.75, 3.05) is 7.11 Å². The summed E-state index contributed by atoms with van der Waals surface area (Å²) in [5.74, 6) is -1.44. The molecule has 1 atom stereocenters. The van der Waals surface area contributed by atoms with Gasteiger partial charge in [-0.05, 0) is 31.2 Å². The lowest BCUT2D eigenvalue weighted by molar-refractivity contribution is 0.0990. The number of ether oxygens (including phenoxy) is 1. The number of Topliss-reactive ketones (excluding diaryl/α,β-unsaturated/α-hetero) is 1. The Morgan fingerprint density at radius 3 is 2.73 bits per heavy atom. The van der Waals surface area contributed by atoms with Gasteiger partial charge >= 0.3 is 0 Å². The lowest BCUT2D eigenvalue weighted by Crippen LogP contribution is -2.16. The van der Waals surface area contributed by atoms with Gasteiger partial charge in [0.2, 0.25) is 0 Å². The average molecular weight is 375 g/mol. The standard InChI is InChI=1S/C18H15F2N3O2S/c1-11(17(24)13-8-7-12(19)9-14(13)20)26-18-22-21-10-23(18)15-5-3-4-6-16(15)25-2/h3-11H,1-2H3. The Morgan fingerprint density at radius 2 is 2.00 bits per heavy atom. The van der Waals surface area contributed by atoms with Gasteiger partial charge < -0.3 is 4.74 Å². The molecule has 3 aromatic rings. The van der Waals surface area contributed by atoms with E-state index < -0.39 is 22.7 Å². The first-order valence-electron chi connectivity index (χ1n) is 7.70. The number of hydrogen-bond acceptors (Lipinski definition) is 5. The highest BCUT2D eigenvalue weighted by molar-refractivity contribution is 8.00. The van der Waals surface area contributed by atoms with Crippen LogP contribution < -0.4 is 4.74 Å². The zero-order chi connectivity index (χ0) is 18.7. The number of thioether (sulfide) groups is 1. The average Bonchev–Trinajstić information content (AvgIpc) is 3.09. The molecule has 0 aliphatic carbocycles. The first kappa shape index (κ1) is 18.1. The second kappa shape index (κ2) is 7.65. The maximum Gasteiger partial charge on any atom is 0.196 e. The van der Waals surface area contributed by atoms with Gasteiger partial charge in [0.15, 0.2) is 10.9 Å². The van der Waals surface area contributed by atoms with E-state index in [1.54, 1.807) is 24.7 Å². The third kappa shape index (κ3) is 3.60. The fourth-order valence-electron chi connectivity index (χ4n) is 2.42. The van der Waals surface area contributed by atoms with Crippen LogP contribution in [-0.4, -0.2) is 32.9 Å². The van der Waals surface area contributed by atoms with Crippen LogP contribution in [0.1, 0.15) is 17.3 Å². The van der Waals surface area contributed by atoms with Gasteiger partial charge in [0.25, 0.3) is 0 Å². The fourth-order valence-corrected chi connectivity index (χ4v) is 3.32. The highest BCUT2D eigenvalue weighted by Gasteiger charge is 2.23. The fraction of sp³-hybridized carbons (Fsp3) is 0.167. The zero-order valence-corrected chi connectivity index (χ0v) is 14.8. The predicted molar refractivity (Wildman–Crippen MR) is 93.9 cm³/mol. The molecule has 2 aromatic carbocycles. The van der Waals surface area contributed by atoms with Crippen LogP contribution in [0, 0.1) is 11.6 Å². The maximum atomic E-state index is 13.9. The number of ketones is 1. The minimum Gasteiger partial charge on any atom is -0.495 e. The van der Waals surface area contributed by atoms with E-state index in [1.165, 1.54) is 6.33 Å². The molecule has 0 bridgehead atoms. The zero-order valence-electron chi connectivity index (χ0n) is 14.0. The molecule has 1 aromatic heterocycles. The Morgan fingerprint density at radius 1 is 1.23 bits per heavy atom. The summed E-state index contributed by atoms with van der Waals surface area (Å²) >= 11 is 1.13. The van der Waals surface area contributed by atoms with Crippen LogP contribution in [-0.2, 0) is 0 Å². The van der Waals surface area contributed by atoms with Crippen molar-refractivity contribution in [1.29, 1.82) is 0 Å². The predicted octanol–water partition coefficient (Wildman–Crippen LogP) is 3.92. The second-order valence-corrected chi connectivity index (χ2v) is 6.71. The summed E-state index contributed by atoms with van der Waals surface area (Å²) in [6.07, 6.45) is 1.51. The number of methoxy groups -OCH3 is 1. The molecule has 3 rings (SSSR count). The van der Waals surface area contributed by atoms with Gasteiger partial charge in [0.05, 0.1) is 23.6 Å². The Kier molecular flexibility index (Phi) is 5.32. The van der Waals surface area contributed by atoms with Crippen molar-refractivity contribution in [3.05, 3.63) is 66.0 Å². The van der Waals surface area contributed by atoms with Crippen LogP contribution in [0.25, 0.3) is 5.69 Å². The highest BCUT2D eigenvalue weighted by atomic mass is 32.2. The van der Waals surface area contributed by atoms with Gasteiger partial charge in [0.1, 0.15) is 23.7 Å². The number of rotatable bonds is 6. The van der Waals surface area contributed by atoms with Gasteiger partial charge in [-0.3, -0.25) is 9.36 Å². The number of carbonyl (C=O) groups excluding carboxylic acids is 1. The number of hydrogen-bond donors (Lipinski definition) is 0. The third-order valence-corrected chi connectivity index (χ3v) is 4.77. The molecule has 0 spiro atoms. The molecular formula is C18H15F2N3O2S. The normalized spacial score (nSPS) is 12.0. The number of benzene rings is 2. The van der Waals surface area contributed by atoms with Crippen molar-refractivity contribution in [2.45, 2.75) is 17.3 Å². The summed E-state index contributed by atoms with van der Waals surface area (Å²) in [5, 5.41) is 7.74. The summed E-state index contributed by atoms with van der Waals surface area (Å²) < 4.78 is 33.9. The lowest BCUT2D eigenvalue weighted by Gasteiger charge is -2.13. The second-order valence-electron chi connectivity index (χ2n) is 5.40. The van der Waals surface area contributed by atoms with Gasteiger partial charge in [-0.2, -0.15) is 0 Å². The van der Waals surface area contributed by atoms with Crippen LogP contribution in [0.2, 0.25) is 0 Å². The molecule has 26 heavy (non-hydrogen) atoms. The van der Waals surface area contributed by atoms with Crippen molar-refractivity contribution in [2.24, 2.45) is 0 Å². The Balaban J connectivity index is 1.86. The molecule has 0 saturated carbocycles. The van der Waals surface area contributed by atoms with E-state index in [-0.39, 0.29) is 5.56 Å². The van der Waals surface area contributed by atoms with Crippen LogP contribution >= 0.6 is 11.8 Å². The Bertz CT molecular complexity index is 946. The molecule has 0 N–H and O–H groups in total. The summed E-state index contributed by atoms with van der Waals surface area (Å²) in [6.45, 7) is 1.64. The number of carbonyl (C=O) groups is 1. The minimum atomic E-state index is -0.881. The maximum absolute atomic E-state index is 13.9. The SMILES string of the molecule is COc1ccccc1-n1cnnc1SC(C)C(=O)c1ccc(F)cc1F. The highest BCUT2D eigenvalue weighted by Crippen LogP contribution is 2.30. The van der Waals surface area contributed by atoms with E-state index in [2.05, 4.69) is 10.2 Å². The minimum absolute atomic E-state index is 0.158.